The Kier molecular flexibility index (Phi) is 2.67. The predicted octanol–water partition coefficient (Wildman–Crippen LogP) is 3.79. The topological polar surface area (TPSA) is 57.0 Å². The van der Waals surface area contributed by atoms with Gasteiger partial charge < -0.3 is 13.5 Å². The van der Waals surface area contributed by atoms with Gasteiger partial charge in [-0.2, -0.15) is 4.98 Å². The normalized spacial score (nSPS) is 10.9. The van der Waals surface area contributed by atoms with Crippen LogP contribution in [0.25, 0.3) is 28.7 Å². The van der Waals surface area contributed by atoms with E-state index in [9.17, 15) is 0 Å². The third-order valence-corrected chi connectivity index (χ3v) is 3.19. The van der Waals surface area contributed by atoms with Gasteiger partial charge >= 0.3 is 0 Å². The maximum atomic E-state index is 5.24. The van der Waals surface area contributed by atoms with Crippen LogP contribution in [0.3, 0.4) is 0 Å². The van der Waals surface area contributed by atoms with E-state index in [0.717, 1.165) is 11.3 Å². The Morgan fingerprint density at radius 1 is 0.905 bits per heavy atom. The van der Waals surface area contributed by atoms with E-state index >= 15 is 0 Å². The van der Waals surface area contributed by atoms with Crippen LogP contribution in [0.15, 0.2) is 76.1 Å². The van der Waals surface area contributed by atoms with Crippen molar-refractivity contribution in [3.63, 3.8) is 0 Å². The first-order valence-corrected chi connectivity index (χ1v) is 6.51. The quantitative estimate of drug-likeness (QED) is 0.571. The molecule has 0 saturated heterocycles. The lowest BCUT2D eigenvalue weighted by molar-refractivity contribution is 0.417. The van der Waals surface area contributed by atoms with Crippen molar-refractivity contribution in [1.82, 2.24) is 14.7 Å². The van der Waals surface area contributed by atoms with Crippen molar-refractivity contribution in [3.8, 4) is 28.7 Å². The third-order valence-electron chi connectivity index (χ3n) is 3.19. The highest BCUT2D eigenvalue weighted by molar-refractivity contribution is 5.59. The van der Waals surface area contributed by atoms with Crippen LogP contribution in [0.1, 0.15) is 0 Å². The largest absolute Gasteiger partial charge is 0.459 e. The maximum Gasteiger partial charge on any atom is 0.293 e. The number of rotatable bonds is 3. The molecule has 3 heterocycles. The Morgan fingerprint density at radius 2 is 1.71 bits per heavy atom. The molecule has 0 N–H and O–H groups in total. The number of aromatic nitrogens is 3. The SMILES string of the molecule is c1coc(-c2nc(-c3ccc(-n4cccc4)cc3)no2)c1. The number of benzene rings is 1. The summed E-state index contributed by atoms with van der Waals surface area (Å²) in [5.41, 5.74) is 1.98. The molecule has 0 saturated carbocycles. The summed E-state index contributed by atoms with van der Waals surface area (Å²) in [4.78, 5) is 4.34. The Hall–Kier alpha value is -3.08. The van der Waals surface area contributed by atoms with Crippen molar-refractivity contribution in [2.45, 2.75) is 0 Å². The molecular weight excluding hydrogens is 266 g/mol. The lowest BCUT2D eigenvalue weighted by Gasteiger charge is -2.02. The molecule has 0 radical (unpaired) electrons. The second-order valence-corrected chi connectivity index (χ2v) is 4.54. The molecule has 5 nitrogen and oxygen atoms in total. The predicted molar refractivity (Wildman–Crippen MR) is 76.8 cm³/mol. The highest BCUT2D eigenvalue weighted by atomic mass is 16.5. The molecule has 0 atom stereocenters. The summed E-state index contributed by atoms with van der Waals surface area (Å²) in [6, 6.07) is 15.5. The molecule has 1 aromatic carbocycles. The van der Waals surface area contributed by atoms with Gasteiger partial charge in [0.2, 0.25) is 5.82 Å². The third kappa shape index (κ3) is 2.14. The number of furan rings is 1. The van der Waals surface area contributed by atoms with Gasteiger partial charge in [0.05, 0.1) is 6.26 Å². The molecule has 21 heavy (non-hydrogen) atoms. The van der Waals surface area contributed by atoms with Gasteiger partial charge in [0.15, 0.2) is 5.76 Å². The molecule has 0 amide bonds. The van der Waals surface area contributed by atoms with Crippen LogP contribution in [-0.4, -0.2) is 14.7 Å². The van der Waals surface area contributed by atoms with E-state index < -0.39 is 0 Å². The fourth-order valence-corrected chi connectivity index (χ4v) is 2.13. The molecule has 0 aliphatic heterocycles. The zero-order valence-corrected chi connectivity index (χ0v) is 11.0. The molecular formula is C16H11N3O2. The summed E-state index contributed by atoms with van der Waals surface area (Å²) in [7, 11) is 0. The van der Waals surface area contributed by atoms with Crippen LogP contribution < -0.4 is 0 Å². The smallest absolute Gasteiger partial charge is 0.293 e. The highest BCUT2D eigenvalue weighted by Crippen LogP contribution is 2.23. The van der Waals surface area contributed by atoms with E-state index in [1.54, 1.807) is 18.4 Å². The standard InChI is InChI=1S/C16H11N3O2/c1-2-10-19(9-1)13-7-5-12(6-8-13)15-17-16(21-18-15)14-4-3-11-20-14/h1-11H. The summed E-state index contributed by atoms with van der Waals surface area (Å²) in [6.45, 7) is 0. The monoisotopic (exact) mass is 277 g/mol. The lowest BCUT2D eigenvalue weighted by atomic mass is 10.2. The Labute approximate surface area is 120 Å². The van der Waals surface area contributed by atoms with E-state index in [1.807, 2.05) is 53.4 Å². The molecule has 3 aromatic heterocycles. The zero-order chi connectivity index (χ0) is 14.1. The second-order valence-electron chi connectivity index (χ2n) is 4.54. The number of nitrogens with zero attached hydrogens (tertiary/aromatic N) is 3. The van der Waals surface area contributed by atoms with E-state index in [0.29, 0.717) is 17.5 Å². The van der Waals surface area contributed by atoms with Gasteiger partial charge in [0.25, 0.3) is 5.89 Å². The maximum absolute atomic E-state index is 5.24. The van der Waals surface area contributed by atoms with Gasteiger partial charge in [-0.05, 0) is 48.5 Å². The van der Waals surface area contributed by atoms with Gasteiger partial charge in [-0.15, -0.1) is 0 Å². The summed E-state index contributed by atoms with van der Waals surface area (Å²) in [5, 5.41) is 3.98. The number of hydrogen-bond acceptors (Lipinski definition) is 4. The van der Waals surface area contributed by atoms with Gasteiger partial charge in [-0.3, -0.25) is 0 Å². The van der Waals surface area contributed by atoms with Crippen LogP contribution in [0, 0.1) is 0 Å². The van der Waals surface area contributed by atoms with Crippen LogP contribution >= 0.6 is 0 Å². The van der Waals surface area contributed by atoms with Crippen molar-refractivity contribution in [3.05, 3.63) is 67.2 Å². The first-order chi connectivity index (χ1) is 10.4. The molecule has 102 valence electrons. The molecule has 0 spiro atoms. The molecule has 0 bridgehead atoms. The van der Waals surface area contributed by atoms with Crippen LogP contribution in [-0.2, 0) is 0 Å². The molecule has 0 aliphatic carbocycles. The average molecular weight is 277 g/mol. The van der Waals surface area contributed by atoms with E-state index in [-0.39, 0.29) is 0 Å². The first kappa shape index (κ1) is 11.7. The summed E-state index contributed by atoms with van der Waals surface area (Å²) >= 11 is 0. The first-order valence-electron chi connectivity index (χ1n) is 6.51. The Bertz CT molecular complexity index is 828. The van der Waals surface area contributed by atoms with E-state index in [2.05, 4.69) is 10.1 Å². The second kappa shape index (κ2) is 4.79. The summed E-state index contributed by atoms with van der Waals surface area (Å²) < 4.78 is 12.5. The van der Waals surface area contributed by atoms with Crippen LogP contribution in [0.2, 0.25) is 0 Å². The molecule has 4 aromatic rings. The van der Waals surface area contributed by atoms with Crippen LogP contribution in [0.5, 0.6) is 0 Å². The molecule has 5 heteroatoms. The average Bonchev–Trinajstić information content (AvgIpc) is 3.27. The summed E-state index contributed by atoms with van der Waals surface area (Å²) in [5.74, 6) is 1.49. The minimum absolute atomic E-state index is 0.379. The zero-order valence-electron chi connectivity index (χ0n) is 11.0. The minimum atomic E-state index is 0.379. The van der Waals surface area contributed by atoms with Crippen molar-refractivity contribution in [2.75, 3.05) is 0 Å². The van der Waals surface area contributed by atoms with Gasteiger partial charge in [0.1, 0.15) is 0 Å². The minimum Gasteiger partial charge on any atom is -0.459 e. The van der Waals surface area contributed by atoms with E-state index in [1.165, 1.54) is 0 Å². The molecule has 4 rings (SSSR count). The fraction of sp³-hybridized carbons (Fsp3) is 0. The van der Waals surface area contributed by atoms with Gasteiger partial charge in [-0.1, -0.05) is 5.16 Å². The van der Waals surface area contributed by atoms with Gasteiger partial charge in [-0.25, -0.2) is 0 Å². The molecule has 0 unspecified atom stereocenters. The van der Waals surface area contributed by atoms with Crippen LogP contribution in [0.4, 0.5) is 0 Å². The molecule has 0 fully saturated rings. The summed E-state index contributed by atoms with van der Waals surface area (Å²) in [6.07, 6.45) is 5.57. The fourth-order valence-electron chi connectivity index (χ4n) is 2.13. The Morgan fingerprint density at radius 3 is 2.43 bits per heavy atom. The van der Waals surface area contributed by atoms with E-state index in [4.69, 9.17) is 8.94 Å². The number of hydrogen-bond donors (Lipinski definition) is 0. The molecule has 0 aliphatic rings. The van der Waals surface area contributed by atoms with Crippen molar-refractivity contribution in [1.29, 1.82) is 0 Å². The van der Waals surface area contributed by atoms with Crippen molar-refractivity contribution in [2.24, 2.45) is 0 Å². The van der Waals surface area contributed by atoms with Crippen molar-refractivity contribution < 1.29 is 8.94 Å². The highest BCUT2D eigenvalue weighted by Gasteiger charge is 2.12. The van der Waals surface area contributed by atoms with Gasteiger partial charge in [0, 0.05) is 23.6 Å². The lowest BCUT2D eigenvalue weighted by Crippen LogP contribution is -1.89. The Balaban J connectivity index is 1.65. The van der Waals surface area contributed by atoms with Crippen molar-refractivity contribution >= 4 is 0 Å².